The van der Waals surface area contributed by atoms with Gasteiger partial charge in [0, 0.05) is 17.3 Å². The highest BCUT2D eigenvalue weighted by atomic mass is 16.2. The molecule has 2 N–H and O–H groups in total. The number of hydrogen-bond acceptors (Lipinski definition) is 3. The summed E-state index contributed by atoms with van der Waals surface area (Å²) in [6.45, 7) is 5.41. The van der Waals surface area contributed by atoms with Gasteiger partial charge in [0.1, 0.15) is 0 Å². The standard InChI is InChI=1S/C23H24N2O2/c1-15(21-13-7-9-18-8-4-5-12-22(18)21)24-16(2)23(27)25-20-11-6-10-19(14-20)17(3)26/h4-16,24H,1-3H3,(H,25,27)/t15-,16-/m1/s1. The van der Waals surface area contributed by atoms with Crippen LogP contribution in [0.2, 0.25) is 0 Å². The number of carbonyl (C=O) groups excluding carboxylic acids is 2. The van der Waals surface area contributed by atoms with Crippen LogP contribution in [0.25, 0.3) is 10.8 Å². The Balaban J connectivity index is 1.70. The molecule has 0 spiro atoms. The van der Waals surface area contributed by atoms with Crippen molar-refractivity contribution in [2.45, 2.75) is 32.9 Å². The zero-order chi connectivity index (χ0) is 19.4. The number of hydrogen-bond donors (Lipinski definition) is 2. The summed E-state index contributed by atoms with van der Waals surface area (Å²) >= 11 is 0. The van der Waals surface area contributed by atoms with Gasteiger partial charge < -0.3 is 5.32 Å². The summed E-state index contributed by atoms with van der Waals surface area (Å²) in [6, 6.07) is 21.0. The number of nitrogens with one attached hydrogen (secondary N) is 2. The number of ketones is 1. The van der Waals surface area contributed by atoms with Gasteiger partial charge >= 0.3 is 0 Å². The Bertz CT molecular complexity index is 976. The maximum absolute atomic E-state index is 12.6. The van der Waals surface area contributed by atoms with Crippen LogP contribution < -0.4 is 10.6 Å². The molecular formula is C23H24N2O2. The smallest absolute Gasteiger partial charge is 0.241 e. The number of benzene rings is 3. The van der Waals surface area contributed by atoms with E-state index >= 15 is 0 Å². The molecule has 0 fully saturated rings. The van der Waals surface area contributed by atoms with E-state index in [2.05, 4.69) is 41.8 Å². The first kappa shape index (κ1) is 18.8. The van der Waals surface area contributed by atoms with Crippen LogP contribution in [0.3, 0.4) is 0 Å². The van der Waals surface area contributed by atoms with Gasteiger partial charge in [-0.2, -0.15) is 0 Å². The van der Waals surface area contributed by atoms with Crippen molar-refractivity contribution in [3.05, 3.63) is 77.9 Å². The topological polar surface area (TPSA) is 58.2 Å². The van der Waals surface area contributed by atoms with Crippen LogP contribution in [-0.2, 0) is 4.79 Å². The lowest BCUT2D eigenvalue weighted by atomic mass is 9.99. The lowest BCUT2D eigenvalue weighted by Gasteiger charge is -2.21. The van der Waals surface area contributed by atoms with Crippen LogP contribution >= 0.6 is 0 Å². The fraction of sp³-hybridized carbons (Fsp3) is 0.217. The van der Waals surface area contributed by atoms with Gasteiger partial charge in [0.2, 0.25) is 5.91 Å². The first-order chi connectivity index (χ1) is 13.0. The van der Waals surface area contributed by atoms with Gasteiger partial charge in [0.05, 0.1) is 6.04 Å². The van der Waals surface area contributed by atoms with Gasteiger partial charge in [-0.15, -0.1) is 0 Å². The molecule has 4 heteroatoms. The molecule has 3 rings (SSSR count). The van der Waals surface area contributed by atoms with Crippen LogP contribution in [0.15, 0.2) is 66.7 Å². The highest BCUT2D eigenvalue weighted by molar-refractivity contribution is 5.98. The van der Waals surface area contributed by atoms with E-state index in [-0.39, 0.29) is 23.8 Å². The predicted molar refractivity (Wildman–Crippen MR) is 110 cm³/mol. The third-order valence-electron chi connectivity index (χ3n) is 4.72. The fourth-order valence-electron chi connectivity index (χ4n) is 3.23. The molecule has 0 aliphatic rings. The molecule has 138 valence electrons. The van der Waals surface area contributed by atoms with Crippen molar-refractivity contribution >= 4 is 28.2 Å². The zero-order valence-electron chi connectivity index (χ0n) is 15.8. The summed E-state index contributed by atoms with van der Waals surface area (Å²) in [6.07, 6.45) is 0. The quantitative estimate of drug-likeness (QED) is 0.625. The normalized spacial score (nSPS) is 13.1. The highest BCUT2D eigenvalue weighted by Gasteiger charge is 2.18. The van der Waals surface area contributed by atoms with Crippen molar-refractivity contribution in [1.29, 1.82) is 0 Å². The van der Waals surface area contributed by atoms with Crippen molar-refractivity contribution in [2.24, 2.45) is 0 Å². The number of carbonyl (C=O) groups is 2. The van der Waals surface area contributed by atoms with Gasteiger partial charge in [0.15, 0.2) is 5.78 Å². The average Bonchev–Trinajstić information content (AvgIpc) is 2.67. The van der Waals surface area contributed by atoms with Gasteiger partial charge in [-0.25, -0.2) is 0 Å². The molecule has 0 saturated heterocycles. The Morgan fingerprint density at radius 1 is 0.889 bits per heavy atom. The van der Waals surface area contributed by atoms with Crippen molar-refractivity contribution in [3.8, 4) is 0 Å². The molecule has 4 nitrogen and oxygen atoms in total. The van der Waals surface area contributed by atoms with Crippen molar-refractivity contribution in [2.75, 3.05) is 5.32 Å². The maximum atomic E-state index is 12.6. The summed E-state index contributed by atoms with van der Waals surface area (Å²) in [4.78, 5) is 24.1. The lowest BCUT2D eigenvalue weighted by Crippen LogP contribution is -2.39. The van der Waals surface area contributed by atoms with E-state index in [0.29, 0.717) is 11.3 Å². The predicted octanol–water partition coefficient (Wildman–Crippen LogP) is 4.72. The third kappa shape index (κ3) is 4.41. The summed E-state index contributed by atoms with van der Waals surface area (Å²) in [5.41, 5.74) is 2.36. The number of rotatable bonds is 6. The molecule has 27 heavy (non-hydrogen) atoms. The van der Waals surface area contributed by atoms with E-state index in [1.54, 1.807) is 24.3 Å². The number of anilines is 1. The molecule has 0 bridgehead atoms. The summed E-state index contributed by atoms with van der Waals surface area (Å²) in [5, 5.41) is 8.61. The van der Waals surface area contributed by atoms with Crippen LogP contribution in [0, 0.1) is 0 Å². The Morgan fingerprint density at radius 3 is 2.37 bits per heavy atom. The molecule has 2 atom stereocenters. The van der Waals surface area contributed by atoms with Crippen LogP contribution in [0.1, 0.15) is 42.7 Å². The molecule has 0 radical (unpaired) electrons. The molecular weight excluding hydrogens is 336 g/mol. The molecule has 0 aliphatic carbocycles. The Labute approximate surface area is 159 Å². The SMILES string of the molecule is CC(=O)c1cccc(NC(=O)[C@@H](C)N[C@H](C)c2cccc3ccccc23)c1. The zero-order valence-corrected chi connectivity index (χ0v) is 15.8. The van der Waals surface area contributed by atoms with Gasteiger partial charge in [-0.3, -0.25) is 14.9 Å². The Kier molecular flexibility index (Phi) is 5.67. The molecule has 3 aromatic carbocycles. The Morgan fingerprint density at radius 2 is 1.59 bits per heavy atom. The number of amides is 1. The van der Waals surface area contributed by atoms with Crippen LogP contribution in [0.4, 0.5) is 5.69 Å². The average molecular weight is 360 g/mol. The molecule has 0 unspecified atom stereocenters. The van der Waals surface area contributed by atoms with Gasteiger partial charge in [-0.1, -0.05) is 54.6 Å². The van der Waals surface area contributed by atoms with E-state index in [0.717, 1.165) is 5.56 Å². The largest absolute Gasteiger partial charge is 0.325 e. The van der Waals surface area contributed by atoms with Crippen molar-refractivity contribution < 1.29 is 9.59 Å². The monoisotopic (exact) mass is 360 g/mol. The van der Waals surface area contributed by atoms with Crippen LogP contribution in [0.5, 0.6) is 0 Å². The third-order valence-corrected chi connectivity index (χ3v) is 4.72. The second-order valence-corrected chi connectivity index (χ2v) is 6.80. The molecule has 0 saturated carbocycles. The second kappa shape index (κ2) is 8.14. The van der Waals surface area contributed by atoms with E-state index in [1.807, 2.05) is 25.1 Å². The summed E-state index contributed by atoms with van der Waals surface area (Å²) in [7, 11) is 0. The van der Waals surface area contributed by atoms with Crippen LogP contribution in [-0.4, -0.2) is 17.7 Å². The van der Waals surface area contributed by atoms with Crippen molar-refractivity contribution in [1.82, 2.24) is 5.32 Å². The van der Waals surface area contributed by atoms with Gasteiger partial charge in [-0.05, 0) is 49.2 Å². The first-order valence-corrected chi connectivity index (χ1v) is 9.11. The second-order valence-electron chi connectivity index (χ2n) is 6.80. The van der Waals surface area contributed by atoms with Gasteiger partial charge in [0.25, 0.3) is 0 Å². The summed E-state index contributed by atoms with van der Waals surface area (Å²) < 4.78 is 0. The number of fused-ring (bicyclic) bond motifs is 1. The fourth-order valence-corrected chi connectivity index (χ4v) is 3.23. The number of Topliss-reactive ketones (excluding diaryl/α,β-unsaturated/α-hetero) is 1. The highest BCUT2D eigenvalue weighted by Crippen LogP contribution is 2.24. The maximum Gasteiger partial charge on any atom is 0.241 e. The molecule has 0 heterocycles. The first-order valence-electron chi connectivity index (χ1n) is 9.11. The van der Waals surface area contributed by atoms with E-state index < -0.39 is 0 Å². The van der Waals surface area contributed by atoms with E-state index in [4.69, 9.17) is 0 Å². The Hall–Kier alpha value is -2.98. The van der Waals surface area contributed by atoms with E-state index in [1.165, 1.54) is 17.7 Å². The molecule has 3 aromatic rings. The summed E-state index contributed by atoms with van der Waals surface area (Å²) in [5.74, 6) is -0.162. The minimum Gasteiger partial charge on any atom is -0.325 e. The van der Waals surface area contributed by atoms with Crippen molar-refractivity contribution in [3.63, 3.8) is 0 Å². The molecule has 0 aromatic heterocycles. The van der Waals surface area contributed by atoms with E-state index in [9.17, 15) is 9.59 Å². The lowest BCUT2D eigenvalue weighted by molar-refractivity contribution is -0.117. The minimum atomic E-state index is -0.389. The minimum absolute atomic E-state index is 0.0143. The molecule has 0 aliphatic heterocycles. The molecule has 1 amide bonds.